The maximum absolute atomic E-state index is 10.4. The summed E-state index contributed by atoms with van der Waals surface area (Å²) in [7, 11) is 0. The van der Waals surface area contributed by atoms with Crippen LogP contribution in [0.5, 0.6) is 0 Å². The second-order valence-corrected chi connectivity index (χ2v) is 7.01. The molecule has 3 unspecified atom stereocenters. The summed E-state index contributed by atoms with van der Waals surface area (Å²) in [4.78, 5) is 5.83. The van der Waals surface area contributed by atoms with Crippen LogP contribution in [0.2, 0.25) is 0 Å². The van der Waals surface area contributed by atoms with Crippen molar-refractivity contribution in [1.82, 2.24) is 4.98 Å². The van der Waals surface area contributed by atoms with Gasteiger partial charge in [-0.25, -0.2) is 4.98 Å². The van der Waals surface area contributed by atoms with Gasteiger partial charge in [0, 0.05) is 11.3 Å². The SMILES string of the molecule is CCC1CCCC(C(O)Cc2nc(C)c(C)s2)C1. The van der Waals surface area contributed by atoms with Gasteiger partial charge >= 0.3 is 0 Å². The van der Waals surface area contributed by atoms with Crippen molar-refractivity contribution in [2.75, 3.05) is 0 Å². The molecule has 1 aromatic heterocycles. The monoisotopic (exact) mass is 267 g/mol. The highest BCUT2D eigenvalue weighted by molar-refractivity contribution is 7.11. The molecule has 0 amide bonds. The highest BCUT2D eigenvalue weighted by atomic mass is 32.1. The van der Waals surface area contributed by atoms with Crippen LogP contribution in [0, 0.1) is 25.7 Å². The molecule has 1 aliphatic carbocycles. The molecule has 1 fully saturated rings. The lowest BCUT2D eigenvalue weighted by molar-refractivity contribution is 0.0684. The number of aliphatic hydroxyl groups excluding tert-OH is 1. The molecule has 0 aromatic carbocycles. The average molecular weight is 267 g/mol. The van der Waals surface area contributed by atoms with Crippen LogP contribution in [0.25, 0.3) is 0 Å². The average Bonchev–Trinajstić information content (AvgIpc) is 2.68. The molecule has 1 aromatic rings. The summed E-state index contributed by atoms with van der Waals surface area (Å²) in [5.74, 6) is 1.33. The quantitative estimate of drug-likeness (QED) is 0.898. The first kappa shape index (κ1) is 14.0. The van der Waals surface area contributed by atoms with Crippen molar-refractivity contribution in [3.63, 3.8) is 0 Å². The molecule has 2 nitrogen and oxygen atoms in total. The van der Waals surface area contributed by atoms with Crippen molar-refractivity contribution in [2.24, 2.45) is 11.8 Å². The van der Waals surface area contributed by atoms with Crippen LogP contribution in [0.4, 0.5) is 0 Å². The maximum Gasteiger partial charge on any atom is 0.0956 e. The number of aryl methyl sites for hydroxylation is 2. The molecule has 0 bridgehead atoms. The van der Waals surface area contributed by atoms with Gasteiger partial charge in [-0.05, 0) is 38.5 Å². The van der Waals surface area contributed by atoms with Gasteiger partial charge in [0.2, 0.25) is 0 Å². The minimum absolute atomic E-state index is 0.190. The minimum atomic E-state index is -0.190. The van der Waals surface area contributed by atoms with Crippen LogP contribution >= 0.6 is 11.3 Å². The second kappa shape index (κ2) is 6.16. The standard InChI is InChI=1S/C15H25NOS/c1-4-12-6-5-7-13(8-12)14(17)9-15-16-10(2)11(3)18-15/h12-14,17H,4-9H2,1-3H3. The Bertz CT molecular complexity index is 368. The van der Waals surface area contributed by atoms with Gasteiger partial charge in [0.15, 0.2) is 0 Å². The molecule has 18 heavy (non-hydrogen) atoms. The van der Waals surface area contributed by atoms with Crippen molar-refractivity contribution in [3.8, 4) is 0 Å². The molecule has 1 N–H and O–H groups in total. The van der Waals surface area contributed by atoms with Crippen molar-refractivity contribution >= 4 is 11.3 Å². The lowest BCUT2D eigenvalue weighted by Crippen LogP contribution is -2.28. The molecule has 0 spiro atoms. The third kappa shape index (κ3) is 3.33. The van der Waals surface area contributed by atoms with E-state index < -0.39 is 0 Å². The molecule has 0 radical (unpaired) electrons. The van der Waals surface area contributed by atoms with Gasteiger partial charge < -0.3 is 5.11 Å². The Morgan fingerprint density at radius 3 is 2.78 bits per heavy atom. The first-order valence-corrected chi connectivity index (χ1v) is 8.02. The fraction of sp³-hybridized carbons (Fsp3) is 0.800. The van der Waals surface area contributed by atoms with E-state index in [1.807, 2.05) is 0 Å². The number of thiazole rings is 1. The van der Waals surface area contributed by atoms with Crippen molar-refractivity contribution in [1.29, 1.82) is 0 Å². The lowest BCUT2D eigenvalue weighted by atomic mass is 9.77. The Morgan fingerprint density at radius 2 is 2.17 bits per heavy atom. The van der Waals surface area contributed by atoms with Crippen LogP contribution in [0.1, 0.15) is 54.6 Å². The van der Waals surface area contributed by atoms with Gasteiger partial charge in [0.25, 0.3) is 0 Å². The topological polar surface area (TPSA) is 33.1 Å². The zero-order valence-electron chi connectivity index (χ0n) is 11.8. The Morgan fingerprint density at radius 1 is 1.39 bits per heavy atom. The van der Waals surface area contributed by atoms with Crippen LogP contribution in [0.3, 0.4) is 0 Å². The van der Waals surface area contributed by atoms with Crippen LogP contribution < -0.4 is 0 Å². The van der Waals surface area contributed by atoms with E-state index in [0.29, 0.717) is 5.92 Å². The summed E-state index contributed by atoms with van der Waals surface area (Å²) < 4.78 is 0. The van der Waals surface area contributed by atoms with Gasteiger partial charge in [-0.3, -0.25) is 0 Å². The van der Waals surface area contributed by atoms with Crippen molar-refractivity contribution in [2.45, 2.75) is 65.4 Å². The third-order valence-electron chi connectivity index (χ3n) is 4.40. The Balaban J connectivity index is 1.92. The van der Waals surface area contributed by atoms with E-state index in [-0.39, 0.29) is 6.10 Å². The van der Waals surface area contributed by atoms with Crippen LogP contribution in [-0.4, -0.2) is 16.2 Å². The fourth-order valence-corrected chi connectivity index (χ4v) is 4.01. The number of nitrogens with zero attached hydrogens (tertiary/aromatic N) is 1. The van der Waals surface area contributed by atoms with E-state index in [0.717, 1.165) is 23.0 Å². The summed E-state index contributed by atoms with van der Waals surface area (Å²) in [5, 5.41) is 11.5. The molecular formula is C15H25NOS. The van der Waals surface area contributed by atoms with Crippen molar-refractivity contribution in [3.05, 3.63) is 15.6 Å². The van der Waals surface area contributed by atoms with E-state index in [4.69, 9.17) is 0 Å². The molecule has 1 aliphatic rings. The zero-order valence-corrected chi connectivity index (χ0v) is 12.6. The molecule has 1 heterocycles. The van der Waals surface area contributed by atoms with Gasteiger partial charge in [0.05, 0.1) is 16.8 Å². The van der Waals surface area contributed by atoms with Crippen LogP contribution in [0.15, 0.2) is 0 Å². The van der Waals surface area contributed by atoms with E-state index in [1.165, 1.54) is 37.0 Å². The Hall–Kier alpha value is -0.410. The Labute approximate surface area is 114 Å². The van der Waals surface area contributed by atoms with Crippen LogP contribution in [-0.2, 0) is 6.42 Å². The van der Waals surface area contributed by atoms with Crippen molar-refractivity contribution < 1.29 is 5.11 Å². The number of aromatic nitrogens is 1. The molecule has 102 valence electrons. The molecular weight excluding hydrogens is 242 g/mol. The molecule has 2 rings (SSSR count). The molecule has 1 saturated carbocycles. The molecule has 3 atom stereocenters. The van der Waals surface area contributed by atoms with Gasteiger partial charge in [-0.15, -0.1) is 11.3 Å². The number of aliphatic hydroxyl groups is 1. The number of hydrogen-bond acceptors (Lipinski definition) is 3. The predicted octanol–water partition coefficient (Wildman–Crippen LogP) is 3.88. The van der Waals surface area contributed by atoms with E-state index >= 15 is 0 Å². The van der Waals surface area contributed by atoms with Gasteiger partial charge in [0.1, 0.15) is 0 Å². The highest BCUT2D eigenvalue weighted by Crippen LogP contribution is 2.34. The van der Waals surface area contributed by atoms with Gasteiger partial charge in [-0.1, -0.05) is 26.2 Å². The molecule has 0 saturated heterocycles. The van der Waals surface area contributed by atoms with E-state index in [2.05, 4.69) is 25.8 Å². The maximum atomic E-state index is 10.4. The molecule has 3 heteroatoms. The predicted molar refractivity (Wildman–Crippen MR) is 77.0 cm³/mol. The summed E-state index contributed by atoms with van der Waals surface area (Å²) in [5.41, 5.74) is 1.12. The fourth-order valence-electron chi connectivity index (χ4n) is 3.02. The van der Waals surface area contributed by atoms with E-state index in [1.54, 1.807) is 11.3 Å². The number of rotatable bonds is 4. The van der Waals surface area contributed by atoms with E-state index in [9.17, 15) is 5.11 Å². The second-order valence-electron chi connectivity index (χ2n) is 5.72. The summed E-state index contributed by atoms with van der Waals surface area (Å²) in [6.45, 7) is 6.43. The smallest absolute Gasteiger partial charge is 0.0956 e. The molecule has 0 aliphatic heterocycles. The highest BCUT2D eigenvalue weighted by Gasteiger charge is 2.27. The summed E-state index contributed by atoms with van der Waals surface area (Å²) in [6.07, 6.45) is 6.87. The Kier molecular flexibility index (Phi) is 4.79. The number of hydrogen-bond donors (Lipinski definition) is 1. The first-order valence-electron chi connectivity index (χ1n) is 7.21. The first-order chi connectivity index (χ1) is 8.60. The minimum Gasteiger partial charge on any atom is -0.392 e. The third-order valence-corrected chi connectivity index (χ3v) is 5.50. The summed E-state index contributed by atoms with van der Waals surface area (Å²) >= 11 is 1.74. The summed E-state index contributed by atoms with van der Waals surface area (Å²) in [6, 6.07) is 0. The zero-order chi connectivity index (χ0) is 13.1. The largest absolute Gasteiger partial charge is 0.392 e. The van der Waals surface area contributed by atoms with Gasteiger partial charge in [-0.2, -0.15) is 0 Å². The normalized spacial score (nSPS) is 26.2. The lowest BCUT2D eigenvalue weighted by Gasteiger charge is -2.31.